The van der Waals surface area contributed by atoms with E-state index in [1.807, 2.05) is 57.2 Å². The van der Waals surface area contributed by atoms with Gasteiger partial charge < -0.3 is 10.1 Å². The number of amides is 2. The average molecular weight is 545 g/mol. The standard InChI is InChI=1S/C27H24Cl3N3O3/c1-15-7-8-24(16(2)9-15)36-14-25(34)31-20-6-4-5-18(10-20)17(3)23-13-26(35)33(32-23)27-21(29)11-19(28)12-22(27)30/h4-12,17H,13-14H2,1-3H3,(H,31,34). The van der Waals surface area contributed by atoms with Gasteiger partial charge in [0, 0.05) is 16.6 Å². The summed E-state index contributed by atoms with van der Waals surface area (Å²) >= 11 is 18.6. The number of hydrogen-bond acceptors (Lipinski definition) is 4. The van der Waals surface area contributed by atoms with E-state index < -0.39 is 0 Å². The smallest absolute Gasteiger partial charge is 0.262 e. The lowest BCUT2D eigenvalue weighted by Gasteiger charge is -2.16. The summed E-state index contributed by atoms with van der Waals surface area (Å²) in [5.74, 6) is -0.0260. The molecule has 1 aliphatic rings. The first-order valence-corrected chi connectivity index (χ1v) is 12.4. The highest BCUT2D eigenvalue weighted by molar-refractivity contribution is 6.42. The molecule has 0 spiro atoms. The summed E-state index contributed by atoms with van der Waals surface area (Å²) in [7, 11) is 0. The van der Waals surface area contributed by atoms with Crippen LogP contribution < -0.4 is 15.1 Å². The van der Waals surface area contributed by atoms with Gasteiger partial charge in [0.1, 0.15) is 11.4 Å². The van der Waals surface area contributed by atoms with Crippen LogP contribution in [0.5, 0.6) is 5.75 Å². The Morgan fingerprint density at radius 3 is 2.50 bits per heavy atom. The first-order chi connectivity index (χ1) is 17.1. The van der Waals surface area contributed by atoms with Crippen LogP contribution in [0.25, 0.3) is 0 Å². The van der Waals surface area contributed by atoms with Gasteiger partial charge in [-0.25, -0.2) is 0 Å². The number of hydrogen-bond donors (Lipinski definition) is 1. The minimum absolute atomic E-state index is 0.109. The van der Waals surface area contributed by atoms with Crippen molar-refractivity contribution >= 4 is 63.7 Å². The largest absolute Gasteiger partial charge is 0.483 e. The van der Waals surface area contributed by atoms with E-state index in [9.17, 15) is 9.59 Å². The van der Waals surface area contributed by atoms with Crippen LogP contribution in [0.3, 0.4) is 0 Å². The van der Waals surface area contributed by atoms with E-state index in [1.165, 1.54) is 17.1 Å². The molecule has 0 radical (unpaired) electrons. The number of hydrazone groups is 1. The molecule has 3 aromatic rings. The second-order valence-corrected chi connectivity index (χ2v) is 9.90. The minimum atomic E-state index is -0.272. The van der Waals surface area contributed by atoms with Gasteiger partial charge >= 0.3 is 0 Å². The zero-order valence-corrected chi connectivity index (χ0v) is 22.2. The topological polar surface area (TPSA) is 71.0 Å². The molecule has 186 valence electrons. The lowest BCUT2D eigenvalue weighted by atomic mass is 9.94. The van der Waals surface area contributed by atoms with Crippen LogP contribution in [0, 0.1) is 13.8 Å². The van der Waals surface area contributed by atoms with E-state index in [0.717, 1.165) is 16.7 Å². The molecule has 0 saturated carbocycles. The highest BCUT2D eigenvalue weighted by Gasteiger charge is 2.31. The van der Waals surface area contributed by atoms with Crippen LogP contribution in [0.1, 0.15) is 36.0 Å². The Bertz CT molecular complexity index is 1350. The van der Waals surface area contributed by atoms with Gasteiger partial charge in [-0.2, -0.15) is 10.1 Å². The second kappa shape index (κ2) is 10.9. The van der Waals surface area contributed by atoms with Crippen LogP contribution in [0.2, 0.25) is 15.1 Å². The van der Waals surface area contributed by atoms with Gasteiger partial charge in [0.15, 0.2) is 6.61 Å². The molecule has 0 saturated heterocycles. The van der Waals surface area contributed by atoms with E-state index in [1.54, 1.807) is 6.07 Å². The van der Waals surface area contributed by atoms with Gasteiger partial charge in [-0.3, -0.25) is 9.59 Å². The van der Waals surface area contributed by atoms with Crippen LogP contribution >= 0.6 is 34.8 Å². The quantitative estimate of drug-likeness (QED) is 0.342. The molecule has 2 amide bonds. The molecule has 1 heterocycles. The van der Waals surface area contributed by atoms with Crippen molar-refractivity contribution in [2.75, 3.05) is 16.9 Å². The SMILES string of the molecule is Cc1ccc(OCC(=O)Nc2cccc(C(C)C3=NN(c4c(Cl)cc(Cl)cc4Cl)C(=O)C3)c2)c(C)c1. The Labute approximate surface area is 224 Å². The number of nitrogens with zero attached hydrogens (tertiary/aromatic N) is 2. The minimum Gasteiger partial charge on any atom is -0.483 e. The third-order valence-electron chi connectivity index (χ3n) is 5.85. The van der Waals surface area contributed by atoms with Crippen molar-refractivity contribution in [2.24, 2.45) is 5.10 Å². The van der Waals surface area contributed by atoms with E-state index in [0.29, 0.717) is 27.9 Å². The van der Waals surface area contributed by atoms with Crippen molar-refractivity contribution in [3.8, 4) is 5.75 Å². The number of halogens is 3. The maximum absolute atomic E-state index is 12.7. The molecule has 0 fully saturated rings. The Morgan fingerprint density at radius 2 is 1.81 bits per heavy atom. The average Bonchev–Trinajstić information content (AvgIpc) is 3.18. The highest BCUT2D eigenvalue weighted by atomic mass is 35.5. The molecule has 0 bridgehead atoms. The normalized spacial score (nSPS) is 14.0. The summed E-state index contributed by atoms with van der Waals surface area (Å²) in [4.78, 5) is 25.2. The van der Waals surface area contributed by atoms with Crippen LogP contribution in [-0.2, 0) is 9.59 Å². The number of ether oxygens (including phenoxy) is 1. The van der Waals surface area contributed by atoms with Crippen LogP contribution in [0.4, 0.5) is 11.4 Å². The van der Waals surface area contributed by atoms with Crippen molar-refractivity contribution in [1.82, 2.24) is 0 Å². The molecule has 1 N–H and O–H groups in total. The van der Waals surface area contributed by atoms with Crippen LogP contribution in [0.15, 0.2) is 59.7 Å². The van der Waals surface area contributed by atoms with Gasteiger partial charge in [-0.05, 0) is 55.3 Å². The Kier molecular flexibility index (Phi) is 7.88. The fourth-order valence-corrected chi connectivity index (χ4v) is 4.96. The molecule has 6 nitrogen and oxygen atoms in total. The third-order valence-corrected chi connectivity index (χ3v) is 6.64. The summed E-state index contributed by atoms with van der Waals surface area (Å²) in [5, 5.41) is 9.46. The van der Waals surface area contributed by atoms with E-state index >= 15 is 0 Å². The molecule has 4 rings (SSSR count). The van der Waals surface area contributed by atoms with Crippen molar-refractivity contribution in [3.63, 3.8) is 0 Å². The van der Waals surface area contributed by atoms with E-state index in [2.05, 4.69) is 10.4 Å². The number of carbonyl (C=O) groups excluding carboxylic acids is 2. The number of anilines is 2. The van der Waals surface area contributed by atoms with Crippen molar-refractivity contribution < 1.29 is 14.3 Å². The lowest BCUT2D eigenvalue weighted by molar-refractivity contribution is -0.118. The third kappa shape index (κ3) is 5.84. The van der Waals surface area contributed by atoms with Gasteiger partial charge in [0.2, 0.25) is 0 Å². The van der Waals surface area contributed by atoms with E-state index in [4.69, 9.17) is 39.5 Å². The highest BCUT2D eigenvalue weighted by Crippen LogP contribution is 2.39. The number of nitrogens with one attached hydrogen (secondary N) is 1. The monoisotopic (exact) mass is 543 g/mol. The maximum atomic E-state index is 12.7. The zero-order valence-electron chi connectivity index (χ0n) is 19.9. The van der Waals surface area contributed by atoms with Gasteiger partial charge in [-0.15, -0.1) is 0 Å². The Morgan fingerprint density at radius 1 is 1.08 bits per heavy atom. The van der Waals surface area contributed by atoms with Crippen molar-refractivity contribution in [3.05, 3.63) is 86.4 Å². The van der Waals surface area contributed by atoms with Crippen LogP contribution in [-0.4, -0.2) is 24.1 Å². The van der Waals surface area contributed by atoms with Gasteiger partial charge in [0.05, 0.1) is 22.2 Å². The summed E-state index contributed by atoms with van der Waals surface area (Å²) in [6.07, 6.45) is 0.122. The molecule has 1 aliphatic heterocycles. The summed E-state index contributed by atoms with van der Waals surface area (Å²) < 4.78 is 5.67. The molecule has 3 aromatic carbocycles. The molecule has 1 atom stereocenters. The molecular weight excluding hydrogens is 521 g/mol. The molecule has 9 heteroatoms. The number of benzene rings is 3. The lowest BCUT2D eigenvalue weighted by Crippen LogP contribution is -2.20. The summed E-state index contributed by atoms with van der Waals surface area (Å²) in [6, 6.07) is 16.3. The van der Waals surface area contributed by atoms with Crippen molar-refractivity contribution in [1.29, 1.82) is 0 Å². The molecule has 36 heavy (non-hydrogen) atoms. The van der Waals surface area contributed by atoms with Gasteiger partial charge in [-0.1, -0.05) is 71.6 Å². The van der Waals surface area contributed by atoms with Gasteiger partial charge in [0.25, 0.3) is 11.8 Å². The number of carbonyl (C=O) groups is 2. The maximum Gasteiger partial charge on any atom is 0.262 e. The second-order valence-electron chi connectivity index (χ2n) is 8.64. The first kappa shape index (κ1) is 26.0. The number of aryl methyl sites for hydroxylation is 2. The Balaban J connectivity index is 1.45. The summed E-state index contributed by atoms with van der Waals surface area (Å²) in [5.41, 5.74) is 4.58. The zero-order chi connectivity index (χ0) is 26.0. The molecule has 1 unspecified atom stereocenters. The number of rotatable bonds is 7. The molecule has 0 aromatic heterocycles. The molecule has 0 aliphatic carbocycles. The predicted octanol–water partition coefficient (Wildman–Crippen LogP) is 7.18. The first-order valence-electron chi connectivity index (χ1n) is 11.3. The van der Waals surface area contributed by atoms with E-state index in [-0.39, 0.29) is 40.8 Å². The fraction of sp³-hybridized carbons (Fsp3) is 0.222. The predicted molar refractivity (Wildman–Crippen MR) is 146 cm³/mol. The molecular formula is C27H24Cl3N3O3. The summed E-state index contributed by atoms with van der Waals surface area (Å²) in [6.45, 7) is 5.79. The Hall–Kier alpha value is -3.06. The van der Waals surface area contributed by atoms with Crippen molar-refractivity contribution in [2.45, 2.75) is 33.1 Å². The fourth-order valence-electron chi connectivity index (χ4n) is 3.98.